The summed E-state index contributed by atoms with van der Waals surface area (Å²) in [6.45, 7) is -0.659. The van der Waals surface area contributed by atoms with Gasteiger partial charge in [0.2, 0.25) is 0 Å². The zero-order valence-electron chi connectivity index (χ0n) is 7.96. The Kier molecular flexibility index (Phi) is 4.20. The smallest absolute Gasteiger partial charge is 0.333 e. The van der Waals surface area contributed by atoms with E-state index in [-0.39, 0.29) is 0 Å². The fourth-order valence-corrected chi connectivity index (χ4v) is 2.00. The van der Waals surface area contributed by atoms with Gasteiger partial charge in [0, 0.05) is 0 Å². The van der Waals surface area contributed by atoms with Crippen molar-refractivity contribution in [2.45, 2.75) is 30.6 Å². The maximum atomic E-state index is 10.5. The van der Waals surface area contributed by atoms with Gasteiger partial charge in [0.05, 0.1) is 6.61 Å². The van der Waals surface area contributed by atoms with Crippen molar-refractivity contribution < 1.29 is 38.1 Å². The van der Waals surface area contributed by atoms with E-state index in [9.17, 15) is 23.7 Å². The van der Waals surface area contributed by atoms with Gasteiger partial charge in [0.25, 0.3) is 0 Å². The number of aliphatic hydroxyl groups is 4. The number of ether oxygens (including phenoxy) is 1. The van der Waals surface area contributed by atoms with Crippen molar-refractivity contribution in [1.29, 1.82) is 0 Å². The first-order chi connectivity index (χ1) is 7.26. The molecule has 1 fully saturated rings. The molecular weight excluding hydrogens is 246 g/mol. The number of hydrogen-bond donors (Lipinski definition) is 6. The number of aliphatic hydroxyl groups excluding tert-OH is 4. The van der Waals surface area contributed by atoms with E-state index in [1.54, 1.807) is 0 Å². The molecule has 0 aromatic rings. The van der Waals surface area contributed by atoms with Gasteiger partial charge >= 0.3 is 10.3 Å². The normalized spacial score (nSPS) is 40.9. The van der Waals surface area contributed by atoms with Crippen molar-refractivity contribution in [3.63, 3.8) is 0 Å². The van der Waals surface area contributed by atoms with Crippen LogP contribution in [0.5, 0.6) is 0 Å². The molecule has 1 aliphatic heterocycles. The summed E-state index contributed by atoms with van der Waals surface area (Å²) in [6.07, 6.45) is -6.34. The Balaban J connectivity index is 2.80. The molecule has 0 spiro atoms. The molecule has 0 amide bonds. The van der Waals surface area contributed by atoms with Crippen LogP contribution in [0.4, 0.5) is 0 Å². The highest BCUT2D eigenvalue weighted by molar-refractivity contribution is 7.83. The molecule has 1 rings (SSSR count). The summed E-state index contributed by atoms with van der Waals surface area (Å²) in [5.41, 5.74) is 0. The second-order valence-corrected chi connectivity index (χ2v) is 4.53. The minimum Gasteiger partial charge on any atom is -0.394 e. The fraction of sp³-hybridized carbons (Fsp3) is 1.00. The predicted molar refractivity (Wildman–Crippen MR) is 48.5 cm³/mol. The van der Waals surface area contributed by atoms with Crippen LogP contribution >= 0.6 is 0 Å². The van der Waals surface area contributed by atoms with Gasteiger partial charge in [0.1, 0.15) is 24.4 Å². The van der Waals surface area contributed by atoms with Gasteiger partial charge in [-0.1, -0.05) is 0 Å². The molecule has 1 saturated heterocycles. The molecule has 5 atom stereocenters. The Labute approximate surface area is 91.2 Å². The molecule has 10 heteroatoms. The Morgan fingerprint density at radius 3 is 2.19 bits per heavy atom. The summed E-state index contributed by atoms with van der Waals surface area (Å²) in [7, 11) is -4.66. The third-order valence-electron chi connectivity index (χ3n) is 2.19. The summed E-state index contributed by atoms with van der Waals surface area (Å²) in [6, 6.07) is -1.62. The molecule has 1 heterocycles. The molecule has 16 heavy (non-hydrogen) atoms. The largest absolute Gasteiger partial charge is 0.394 e. The summed E-state index contributed by atoms with van der Waals surface area (Å²) in [5.74, 6) is 0. The summed E-state index contributed by atoms with van der Waals surface area (Å²) in [5, 5.41) is 36.8. The lowest BCUT2D eigenvalue weighted by Crippen LogP contribution is -2.64. The lowest BCUT2D eigenvalue weighted by Gasteiger charge is -2.39. The Morgan fingerprint density at radius 1 is 1.19 bits per heavy atom. The van der Waals surface area contributed by atoms with E-state index in [0.717, 1.165) is 0 Å². The molecule has 0 bridgehead atoms. The highest BCUT2D eigenvalue weighted by Crippen LogP contribution is 2.19. The standard InChI is InChI=1S/C6H13NO8S/c8-1-2-4(9)5(10)3(6(11)15-2)7-16(12,13)14/h2-11H,1H2,(H,12,13,14)/t2-,3+,4+,5-,6-/m1/s1. The first kappa shape index (κ1) is 13.7. The minimum absolute atomic E-state index is 0.659. The zero-order valence-corrected chi connectivity index (χ0v) is 8.78. The SMILES string of the molecule is O=S(=O)(O)N[C@H]1[C@@H](O)[C@@H](O)[C@@H](CO)O[C@H]1O. The number of nitrogens with one attached hydrogen (secondary N) is 1. The highest BCUT2D eigenvalue weighted by atomic mass is 32.2. The summed E-state index contributed by atoms with van der Waals surface area (Å²) < 4.78 is 35.6. The third-order valence-corrected chi connectivity index (χ3v) is 2.76. The molecule has 0 radical (unpaired) electrons. The lowest BCUT2D eigenvalue weighted by molar-refractivity contribution is -0.251. The van der Waals surface area contributed by atoms with Crippen molar-refractivity contribution in [2.24, 2.45) is 0 Å². The molecular formula is C6H13NO8S. The molecule has 0 aromatic carbocycles. The molecule has 0 aromatic heterocycles. The van der Waals surface area contributed by atoms with E-state index >= 15 is 0 Å². The second-order valence-electron chi connectivity index (χ2n) is 3.35. The van der Waals surface area contributed by atoms with Crippen LogP contribution in [-0.4, -0.2) is 70.6 Å². The van der Waals surface area contributed by atoms with Crippen molar-refractivity contribution >= 4 is 10.3 Å². The van der Waals surface area contributed by atoms with Crippen LogP contribution in [-0.2, 0) is 15.0 Å². The monoisotopic (exact) mass is 259 g/mol. The topological polar surface area (TPSA) is 157 Å². The van der Waals surface area contributed by atoms with E-state index in [1.807, 2.05) is 0 Å². The van der Waals surface area contributed by atoms with Crippen LogP contribution in [0.2, 0.25) is 0 Å². The van der Waals surface area contributed by atoms with Crippen LogP contribution in [0, 0.1) is 0 Å². The quantitative estimate of drug-likeness (QED) is 0.281. The van der Waals surface area contributed by atoms with Gasteiger partial charge in [-0.05, 0) is 0 Å². The van der Waals surface area contributed by atoms with E-state index in [2.05, 4.69) is 4.74 Å². The molecule has 9 nitrogen and oxygen atoms in total. The lowest BCUT2D eigenvalue weighted by atomic mass is 9.98. The number of hydrogen-bond acceptors (Lipinski definition) is 7. The van der Waals surface area contributed by atoms with Crippen molar-refractivity contribution in [3.8, 4) is 0 Å². The van der Waals surface area contributed by atoms with E-state index in [4.69, 9.17) is 9.66 Å². The second kappa shape index (κ2) is 4.89. The van der Waals surface area contributed by atoms with Gasteiger partial charge in [-0.15, -0.1) is 0 Å². The summed E-state index contributed by atoms with van der Waals surface area (Å²) in [4.78, 5) is 0. The Morgan fingerprint density at radius 2 is 1.75 bits per heavy atom. The van der Waals surface area contributed by atoms with Gasteiger partial charge < -0.3 is 25.2 Å². The molecule has 0 saturated carbocycles. The van der Waals surface area contributed by atoms with Gasteiger partial charge in [-0.3, -0.25) is 4.55 Å². The third kappa shape index (κ3) is 3.09. The zero-order chi connectivity index (χ0) is 12.5. The average molecular weight is 259 g/mol. The van der Waals surface area contributed by atoms with Crippen LogP contribution < -0.4 is 4.72 Å². The predicted octanol–water partition coefficient (Wildman–Crippen LogP) is -3.82. The molecule has 0 aliphatic carbocycles. The molecule has 6 N–H and O–H groups in total. The Hall–Kier alpha value is -0.330. The highest BCUT2D eigenvalue weighted by Gasteiger charge is 2.44. The van der Waals surface area contributed by atoms with Crippen LogP contribution in [0.25, 0.3) is 0 Å². The fourth-order valence-electron chi connectivity index (χ4n) is 1.40. The van der Waals surface area contributed by atoms with Gasteiger partial charge in [0.15, 0.2) is 6.29 Å². The van der Waals surface area contributed by atoms with Crippen molar-refractivity contribution in [2.75, 3.05) is 6.61 Å². The maximum Gasteiger partial charge on any atom is 0.333 e. The first-order valence-corrected chi connectivity index (χ1v) is 5.75. The van der Waals surface area contributed by atoms with Crippen LogP contribution in [0.1, 0.15) is 0 Å². The molecule has 0 unspecified atom stereocenters. The van der Waals surface area contributed by atoms with Gasteiger partial charge in [-0.2, -0.15) is 13.1 Å². The number of rotatable bonds is 3. The van der Waals surface area contributed by atoms with Crippen molar-refractivity contribution in [3.05, 3.63) is 0 Å². The maximum absolute atomic E-state index is 10.5. The van der Waals surface area contributed by atoms with E-state index in [0.29, 0.717) is 0 Å². The van der Waals surface area contributed by atoms with E-state index in [1.165, 1.54) is 4.72 Å². The van der Waals surface area contributed by atoms with E-state index < -0.39 is 47.6 Å². The van der Waals surface area contributed by atoms with Crippen LogP contribution in [0.15, 0.2) is 0 Å². The average Bonchev–Trinajstić information content (AvgIpc) is 2.17. The first-order valence-electron chi connectivity index (χ1n) is 4.31. The van der Waals surface area contributed by atoms with Crippen LogP contribution in [0.3, 0.4) is 0 Å². The summed E-state index contributed by atoms with van der Waals surface area (Å²) >= 11 is 0. The van der Waals surface area contributed by atoms with Crippen molar-refractivity contribution in [1.82, 2.24) is 4.72 Å². The minimum atomic E-state index is -4.66. The Bertz CT molecular complexity index is 331. The molecule has 96 valence electrons. The van der Waals surface area contributed by atoms with Gasteiger partial charge in [-0.25, -0.2) is 0 Å². The molecule has 1 aliphatic rings.